The van der Waals surface area contributed by atoms with Gasteiger partial charge in [0.1, 0.15) is 6.61 Å². The summed E-state index contributed by atoms with van der Waals surface area (Å²) in [7, 11) is 0. The average molecular weight is 432 g/mol. The molecule has 0 fully saturated rings. The summed E-state index contributed by atoms with van der Waals surface area (Å²) in [6, 6.07) is 15.3. The third kappa shape index (κ3) is 3.73. The number of benzene rings is 2. The van der Waals surface area contributed by atoms with Crippen LogP contribution in [0.1, 0.15) is 22.4 Å². The number of alkyl halides is 3. The molecule has 0 bridgehead atoms. The van der Waals surface area contributed by atoms with Crippen LogP contribution in [0, 0.1) is 13.8 Å². The quantitative estimate of drug-likeness (QED) is 0.381. The molecular weight excluding hydrogens is 415 g/mol. The van der Waals surface area contributed by atoms with E-state index in [9.17, 15) is 13.2 Å². The van der Waals surface area contributed by atoms with E-state index in [1.807, 2.05) is 30.3 Å². The number of hydrogen-bond acceptors (Lipinski definition) is 3. The van der Waals surface area contributed by atoms with Gasteiger partial charge < -0.3 is 4.74 Å². The smallest absolute Gasteiger partial charge is 0.417 e. The van der Waals surface area contributed by atoms with Crippen molar-refractivity contribution in [2.75, 3.05) is 0 Å². The molecule has 4 aromatic rings. The minimum absolute atomic E-state index is 0.0612. The SMILES string of the molecule is Cc1c(Cl)cccc1-n1nc(C)c2c(C(F)(F)F)cc(OCc3ccccc3)nc21. The van der Waals surface area contributed by atoms with E-state index in [2.05, 4.69) is 10.1 Å². The number of aromatic nitrogens is 3. The molecule has 0 aliphatic carbocycles. The summed E-state index contributed by atoms with van der Waals surface area (Å²) in [5.74, 6) is -0.125. The van der Waals surface area contributed by atoms with E-state index in [-0.39, 0.29) is 29.2 Å². The number of nitrogens with zero attached hydrogens (tertiary/aromatic N) is 3. The first-order valence-corrected chi connectivity index (χ1v) is 9.53. The van der Waals surface area contributed by atoms with Crippen LogP contribution in [0.15, 0.2) is 54.6 Å². The highest BCUT2D eigenvalue weighted by molar-refractivity contribution is 6.31. The number of ether oxygens (including phenoxy) is 1. The number of rotatable bonds is 4. The van der Waals surface area contributed by atoms with Gasteiger partial charge in [0.2, 0.25) is 5.88 Å². The van der Waals surface area contributed by atoms with Gasteiger partial charge in [0.25, 0.3) is 0 Å². The first-order valence-electron chi connectivity index (χ1n) is 9.15. The molecule has 2 aromatic carbocycles. The first kappa shape index (κ1) is 20.2. The van der Waals surface area contributed by atoms with E-state index < -0.39 is 11.7 Å². The molecule has 4 rings (SSSR count). The summed E-state index contributed by atoms with van der Waals surface area (Å²) >= 11 is 6.21. The van der Waals surface area contributed by atoms with Crippen LogP contribution in [0.3, 0.4) is 0 Å². The molecule has 0 N–H and O–H groups in total. The number of aryl methyl sites for hydroxylation is 1. The van der Waals surface area contributed by atoms with Gasteiger partial charge in [-0.25, -0.2) is 4.68 Å². The van der Waals surface area contributed by atoms with Crippen LogP contribution in [0.5, 0.6) is 5.88 Å². The Morgan fingerprint density at radius 3 is 2.47 bits per heavy atom. The second-order valence-electron chi connectivity index (χ2n) is 6.86. The van der Waals surface area contributed by atoms with Crippen molar-refractivity contribution in [3.8, 4) is 11.6 Å². The van der Waals surface area contributed by atoms with Crippen molar-refractivity contribution in [3.63, 3.8) is 0 Å². The zero-order valence-corrected chi connectivity index (χ0v) is 16.9. The highest BCUT2D eigenvalue weighted by Gasteiger charge is 2.36. The largest absolute Gasteiger partial charge is 0.473 e. The van der Waals surface area contributed by atoms with E-state index in [1.165, 1.54) is 11.6 Å². The van der Waals surface area contributed by atoms with Gasteiger partial charge in [-0.1, -0.05) is 48.0 Å². The molecule has 0 unspecified atom stereocenters. The van der Waals surface area contributed by atoms with E-state index >= 15 is 0 Å². The lowest BCUT2D eigenvalue weighted by Crippen LogP contribution is -2.09. The summed E-state index contributed by atoms with van der Waals surface area (Å²) in [6.45, 7) is 3.40. The lowest BCUT2D eigenvalue weighted by molar-refractivity contribution is -0.136. The van der Waals surface area contributed by atoms with E-state index in [0.717, 1.165) is 11.6 Å². The molecule has 0 aliphatic rings. The number of pyridine rings is 1. The predicted molar refractivity (Wildman–Crippen MR) is 109 cm³/mol. The zero-order chi connectivity index (χ0) is 21.5. The van der Waals surface area contributed by atoms with E-state index in [0.29, 0.717) is 16.3 Å². The minimum Gasteiger partial charge on any atom is -0.473 e. The van der Waals surface area contributed by atoms with Gasteiger partial charge in [0.05, 0.1) is 22.3 Å². The van der Waals surface area contributed by atoms with Crippen molar-refractivity contribution in [1.82, 2.24) is 14.8 Å². The summed E-state index contributed by atoms with van der Waals surface area (Å²) in [5.41, 5.74) is 1.52. The third-order valence-corrected chi connectivity index (χ3v) is 5.20. The zero-order valence-electron chi connectivity index (χ0n) is 16.2. The Labute approximate surface area is 175 Å². The molecule has 2 heterocycles. The fourth-order valence-electron chi connectivity index (χ4n) is 3.29. The van der Waals surface area contributed by atoms with E-state index in [1.54, 1.807) is 25.1 Å². The lowest BCUT2D eigenvalue weighted by Gasteiger charge is -2.13. The van der Waals surface area contributed by atoms with Crippen LogP contribution < -0.4 is 4.74 Å². The molecule has 0 saturated carbocycles. The van der Waals surface area contributed by atoms with Gasteiger partial charge in [-0.2, -0.15) is 23.3 Å². The summed E-state index contributed by atoms with van der Waals surface area (Å²) in [6.07, 6.45) is -4.59. The van der Waals surface area contributed by atoms with Gasteiger partial charge in [-0.05, 0) is 37.1 Å². The lowest BCUT2D eigenvalue weighted by atomic mass is 10.1. The van der Waals surface area contributed by atoms with Crippen LogP contribution in [-0.4, -0.2) is 14.8 Å². The van der Waals surface area contributed by atoms with Gasteiger partial charge in [0, 0.05) is 11.1 Å². The Balaban J connectivity index is 1.89. The second kappa shape index (κ2) is 7.65. The monoisotopic (exact) mass is 431 g/mol. The maximum atomic E-state index is 13.9. The van der Waals surface area contributed by atoms with Crippen molar-refractivity contribution < 1.29 is 17.9 Å². The van der Waals surface area contributed by atoms with Gasteiger partial charge in [-0.15, -0.1) is 0 Å². The molecule has 0 spiro atoms. The summed E-state index contributed by atoms with van der Waals surface area (Å²) in [5, 5.41) is 4.76. The van der Waals surface area contributed by atoms with Crippen molar-refractivity contribution in [2.45, 2.75) is 26.6 Å². The van der Waals surface area contributed by atoms with Crippen molar-refractivity contribution in [3.05, 3.63) is 82.0 Å². The predicted octanol–water partition coefficient (Wildman–Crippen LogP) is 6.29. The van der Waals surface area contributed by atoms with Crippen LogP contribution in [-0.2, 0) is 12.8 Å². The molecule has 0 atom stereocenters. The van der Waals surface area contributed by atoms with Crippen molar-refractivity contribution in [2.24, 2.45) is 0 Å². The maximum absolute atomic E-state index is 13.9. The Hall–Kier alpha value is -3.06. The fraction of sp³-hybridized carbons (Fsp3) is 0.182. The molecule has 0 aliphatic heterocycles. The Bertz CT molecular complexity index is 1220. The average Bonchev–Trinajstić information content (AvgIpc) is 3.04. The molecule has 8 heteroatoms. The molecular formula is C22H17ClF3N3O. The molecule has 4 nitrogen and oxygen atoms in total. The first-order chi connectivity index (χ1) is 14.3. The molecule has 0 radical (unpaired) electrons. The van der Waals surface area contributed by atoms with Crippen LogP contribution >= 0.6 is 11.6 Å². The summed E-state index contributed by atoms with van der Waals surface area (Å²) in [4.78, 5) is 4.37. The molecule has 154 valence electrons. The fourth-order valence-corrected chi connectivity index (χ4v) is 3.46. The molecule has 30 heavy (non-hydrogen) atoms. The highest BCUT2D eigenvalue weighted by Crippen LogP contribution is 2.39. The molecule has 0 saturated heterocycles. The third-order valence-electron chi connectivity index (χ3n) is 4.79. The second-order valence-corrected chi connectivity index (χ2v) is 7.27. The number of halogens is 4. The molecule has 0 amide bonds. The highest BCUT2D eigenvalue weighted by atomic mass is 35.5. The standard InChI is InChI=1S/C22H17ClF3N3O/c1-13-17(23)9-6-10-18(13)29-21-20(14(2)28-29)16(22(24,25)26)11-19(27-21)30-12-15-7-4-3-5-8-15/h3-11H,12H2,1-2H3. The normalized spacial score (nSPS) is 11.8. The van der Waals surface area contributed by atoms with Gasteiger partial charge in [-0.3, -0.25) is 0 Å². The van der Waals surface area contributed by atoms with E-state index in [4.69, 9.17) is 16.3 Å². The van der Waals surface area contributed by atoms with Crippen LogP contribution in [0.4, 0.5) is 13.2 Å². The van der Waals surface area contributed by atoms with Crippen molar-refractivity contribution in [1.29, 1.82) is 0 Å². The van der Waals surface area contributed by atoms with Crippen molar-refractivity contribution >= 4 is 22.6 Å². The Kier molecular flexibility index (Phi) is 5.15. The number of hydrogen-bond donors (Lipinski definition) is 0. The molecule has 2 aromatic heterocycles. The van der Waals surface area contributed by atoms with Crippen LogP contribution in [0.25, 0.3) is 16.7 Å². The van der Waals surface area contributed by atoms with Gasteiger partial charge in [0.15, 0.2) is 5.65 Å². The number of fused-ring (bicyclic) bond motifs is 1. The van der Waals surface area contributed by atoms with Gasteiger partial charge >= 0.3 is 6.18 Å². The Morgan fingerprint density at radius 1 is 1.03 bits per heavy atom. The summed E-state index contributed by atoms with van der Waals surface area (Å²) < 4.78 is 48.6. The Morgan fingerprint density at radius 2 is 1.77 bits per heavy atom. The maximum Gasteiger partial charge on any atom is 0.417 e. The topological polar surface area (TPSA) is 39.9 Å². The van der Waals surface area contributed by atoms with Crippen LogP contribution in [0.2, 0.25) is 5.02 Å². The minimum atomic E-state index is -4.59.